The minimum Gasteiger partial charge on any atom is -0.318 e. The molecule has 0 spiro atoms. The fourth-order valence-electron chi connectivity index (χ4n) is 3.14. The van der Waals surface area contributed by atoms with Crippen LogP contribution in [0, 0.1) is 13.8 Å². The highest BCUT2D eigenvalue weighted by atomic mass is 35.5. The molecule has 1 saturated heterocycles. The summed E-state index contributed by atoms with van der Waals surface area (Å²) in [6, 6.07) is 7.36. The Morgan fingerprint density at radius 2 is 1.85 bits per heavy atom. The van der Waals surface area contributed by atoms with Gasteiger partial charge in [0.15, 0.2) is 0 Å². The van der Waals surface area contributed by atoms with Gasteiger partial charge in [-0.05, 0) is 74.9 Å². The molecule has 1 aromatic carbocycles. The highest BCUT2D eigenvalue weighted by Crippen LogP contribution is 2.35. The van der Waals surface area contributed by atoms with Crippen LogP contribution in [0.2, 0.25) is 10.0 Å². The predicted molar refractivity (Wildman–Crippen MR) is 113 cm³/mol. The molecule has 0 N–H and O–H groups in total. The van der Waals surface area contributed by atoms with Gasteiger partial charge in [-0.3, -0.25) is 14.5 Å². The molecule has 1 fully saturated rings. The fraction of sp³-hybridized carbons (Fsp3) is 0.300. The van der Waals surface area contributed by atoms with Gasteiger partial charge >= 0.3 is 0 Å². The van der Waals surface area contributed by atoms with E-state index in [9.17, 15) is 9.59 Å². The summed E-state index contributed by atoms with van der Waals surface area (Å²) >= 11 is 13.2. The molecule has 0 aliphatic carbocycles. The molecule has 27 heavy (non-hydrogen) atoms. The van der Waals surface area contributed by atoms with Gasteiger partial charge in [0.2, 0.25) is 0 Å². The van der Waals surface area contributed by atoms with Crippen molar-refractivity contribution in [1.82, 2.24) is 9.47 Å². The number of benzene rings is 1. The second-order valence-electron chi connectivity index (χ2n) is 6.57. The van der Waals surface area contributed by atoms with Crippen molar-refractivity contribution in [2.45, 2.75) is 40.2 Å². The van der Waals surface area contributed by atoms with Crippen molar-refractivity contribution in [2.75, 3.05) is 0 Å². The Morgan fingerprint density at radius 1 is 1.15 bits per heavy atom. The quantitative estimate of drug-likeness (QED) is 0.547. The van der Waals surface area contributed by atoms with Gasteiger partial charge in [0.1, 0.15) is 0 Å². The molecule has 3 rings (SSSR count). The summed E-state index contributed by atoms with van der Waals surface area (Å²) in [5.41, 5.74) is 3.75. The Balaban J connectivity index is 2.00. The molecule has 0 radical (unpaired) electrons. The fourth-order valence-corrected chi connectivity index (χ4v) is 4.35. The number of rotatable bonds is 4. The molecule has 1 aromatic heterocycles. The van der Waals surface area contributed by atoms with Crippen LogP contribution in [0.1, 0.15) is 37.2 Å². The Morgan fingerprint density at radius 3 is 2.48 bits per heavy atom. The van der Waals surface area contributed by atoms with Crippen LogP contribution in [0.15, 0.2) is 29.2 Å². The molecule has 7 heteroatoms. The highest BCUT2D eigenvalue weighted by molar-refractivity contribution is 8.18. The lowest BCUT2D eigenvalue weighted by Crippen LogP contribution is -2.36. The molecule has 1 atom stereocenters. The maximum Gasteiger partial charge on any atom is 0.293 e. The van der Waals surface area contributed by atoms with E-state index in [4.69, 9.17) is 23.2 Å². The minimum absolute atomic E-state index is 0.105. The van der Waals surface area contributed by atoms with E-state index in [2.05, 4.69) is 0 Å². The average Bonchev–Trinajstić information content (AvgIpc) is 3.05. The van der Waals surface area contributed by atoms with Gasteiger partial charge in [-0.1, -0.05) is 30.1 Å². The van der Waals surface area contributed by atoms with Crippen LogP contribution in [-0.2, 0) is 4.79 Å². The standard InChI is InChI=1S/C20H20Cl2N2O2S/c1-5-11(2)24-19(25)18(27-20(24)26)9-14-8-12(3)23(13(14)4)15-6-7-16(21)17(22)10-15/h6-11H,5H2,1-4H3/b18-9-/t11-/m0/s1. The van der Waals surface area contributed by atoms with Crippen molar-refractivity contribution >= 4 is 52.2 Å². The van der Waals surface area contributed by atoms with Gasteiger partial charge in [0.25, 0.3) is 11.1 Å². The van der Waals surface area contributed by atoms with Gasteiger partial charge < -0.3 is 4.57 Å². The topological polar surface area (TPSA) is 42.3 Å². The number of carbonyl (C=O) groups is 2. The molecule has 4 nitrogen and oxygen atoms in total. The summed E-state index contributed by atoms with van der Waals surface area (Å²) in [5.74, 6) is -0.223. The third kappa shape index (κ3) is 3.68. The van der Waals surface area contributed by atoms with Crippen LogP contribution in [0.3, 0.4) is 0 Å². The number of aryl methyl sites for hydroxylation is 1. The van der Waals surface area contributed by atoms with E-state index >= 15 is 0 Å². The molecular weight excluding hydrogens is 403 g/mol. The van der Waals surface area contributed by atoms with E-state index in [1.54, 1.807) is 12.1 Å². The molecule has 0 bridgehead atoms. The Bertz CT molecular complexity index is 965. The molecule has 1 aliphatic heterocycles. The predicted octanol–water partition coefficient (Wildman–Crippen LogP) is 6.24. The van der Waals surface area contributed by atoms with Crippen molar-refractivity contribution in [1.29, 1.82) is 0 Å². The number of hydrogen-bond acceptors (Lipinski definition) is 3. The first-order valence-electron chi connectivity index (χ1n) is 8.66. The molecule has 142 valence electrons. The molecule has 0 unspecified atom stereocenters. The number of aromatic nitrogens is 1. The maximum atomic E-state index is 12.7. The number of hydrogen-bond donors (Lipinski definition) is 0. The van der Waals surface area contributed by atoms with Gasteiger partial charge in [0.05, 0.1) is 15.0 Å². The maximum absolute atomic E-state index is 12.7. The van der Waals surface area contributed by atoms with Crippen LogP contribution in [-0.4, -0.2) is 26.7 Å². The summed E-state index contributed by atoms with van der Waals surface area (Å²) in [6.45, 7) is 7.80. The van der Waals surface area contributed by atoms with Gasteiger partial charge in [0, 0.05) is 23.1 Å². The van der Waals surface area contributed by atoms with Crippen LogP contribution in [0.5, 0.6) is 0 Å². The zero-order valence-corrected chi connectivity index (χ0v) is 17.9. The summed E-state index contributed by atoms with van der Waals surface area (Å²) < 4.78 is 2.05. The Kier molecular flexibility index (Phi) is 5.75. The second kappa shape index (κ2) is 7.74. The first-order valence-corrected chi connectivity index (χ1v) is 10.2. The average molecular weight is 423 g/mol. The monoisotopic (exact) mass is 422 g/mol. The SMILES string of the molecule is CC[C@H](C)N1C(=O)S/C(=C\c2cc(C)n(-c3ccc(Cl)c(Cl)c3)c2C)C1=O. The first kappa shape index (κ1) is 20.1. The van der Waals surface area contributed by atoms with E-state index in [1.165, 1.54) is 4.90 Å². The van der Waals surface area contributed by atoms with Crippen molar-refractivity contribution in [3.63, 3.8) is 0 Å². The Hall–Kier alpha value is -1.69. The summed E-state index contributed by atoms with van der Waals surface area (Å²) in [5, 5.41) is 0.776. The molecular formula is C20H20Cl2N2O2S. The summed E-state index contributed by atoms with van der Waals surface area (Å²) in [6.07, 6.45) is 2.53. The van der Waals surface area contributed by atoms with Crippen LogP contribution >= 0.6 is 35.0 Å². The molecule has 2 aromatic rings. The van der Waals surface area contributed by atoms with Gasteiger partial charge in [-0.2, -0.15) is 0 Å². The number of halogens is 2. The molecule has 2 amide bonds. The second-order valence-corrected chi connectivity index (χ2v) is 8.38. The van der Waals surface area contributed by atoms with E-state index in [-0.39, 0.29) is 17.2 Å². The van der Waals surface area contributed by atoms with Crippen LogP contribution < -0.4 is 0 Å². The van der Waals surface area contributed by atoms with Crippen LogP contribution in [0.4, 0.5) is 4.79 Å². The third-order valence-corrected chi connectivity index (χ3v) is 6.40. The van der Waals surface area contributed by atoms with E-state index in [1.807, 2.05) is 50.5 Å². The highest BCUT2D eigenvalue weighted by Gasteiger charge is 2.37. The summed E-state index contributed by atoms with van der Waals surface area (Å²) in [7, 11) is 0. The number of thioether (sulfide) groups is 1. The zero-order chi connectivity index (χ0) is 19.9. The molecule has 1 aliphatic rings. The lowest BCUT2D eigenvalue weighted by Gasteiger charge is -2.19. The van der Waals surface area contributed by atoms with Crippen molar-refractivity contribution < 1.29 is 9.59 Å². The van der Waals surface area contributed by atoms with Gasteiger partial charge in [-0.25, -0.2) is 0 Å². The van der Waals surface area contributed by atoms with E-state index in [0.717, 1.165) is 40.8 Å². The number of nitrogens with zero attached hydrogens (tertiary/aromatic N) is 2. The smallest absolute Gasteiger partial charge is 0.293 e. The van der Waals surface area contributed by atoms with E-state index < -0.39 is 0 Å². The van der Waals surface area contributed by atoms with Crippen molar-refractivity contribution in [3.05, 3.63) is 56.2 Å². The third-order valence-electron chi connectivity index (χ3n) is 4.77. The zero-order valence-electron chi connectivity index (χ0n) is 15.5. The number of imide groups is 1. The summed E-state index contributed by atoms with van der Waals surface area (Å²) in [4.78, 5) is 26.7. The largest absolute Gasteiger partial charge is 0.318 e. The Labute approximate surface area is 173 Å². The first-order chi connectivity index (χ1) is 12.7. The number of amides is 2. The lowest BCUT2D eigenvalue weighted by atomic mass is 10.2. The van der Waals surface area contributed by atoms with Crippen LogP contribution in [0.25, 0.3) is 11.8 Å². The molecule has 2 heterocycles. The normalized spacial score (nSPS) is 17.3. The molecule has 0 saturated carbocycles. The van der Waals surface area contributed by atoms with Crippen molar-refractivity contribution in [3.8, 4) is 5.69 Å². The van der Waals surface area contributed by atoms with Crippen molar-refractivity contribution in [2.24, 2.45) is 0 Å². The van der Waals surface area contributed by atoms with E-state index in [0.29, 0.717) is 15.0 Å². The number of carbonyl (C=O) groups excluding carboxylic acids is 2. The lowest BCUT2D eigenvalue weighted by molar-refractivity contribution is -0.124. The minimum atomic E-state index is -0.223. The van der Waals surface area contributed by atoms with Gasteiger partial charge in [-0.15, -0.1) is 0 Å².